The number of hydrogen-bond acceptors (Lipinski definition) is 4. The van der Waals surface area contributed by atoms with Gasteiger partial charge in [0.2, 0.25) is 20.0 Å². The summed E-state index contributed by atoms with van der Waals surface area (Å²) in [4.78, 5) is 0.132. The monoisotopic (exact) mass is 396 g/mol. The first-order chi connectivity index (χ1) is 12.1. The van der Waals surface area contributed by atoms with Gasteiger partial charge in [0.05, 0.1) is 9.79 Å². The van der Waals surface area contributed by atoms with Crippen molar-refractivity contribution in [3.63, 3.8) is 0 Å². The van der Waals surface area contributed by atoms with E-state index in [0.717, 1.165) is 15.4 Å². The van der Waals surface area contributed by atoms with Crippen LogP contribution in [0.4, 0.5) is 0 Å². The molecule has 0 fully saturated rings. The molecule has 0 N–H and O–H groups in total. The van der Waals surface area contributed by atoms with Crippen LogP contribution in [0.25, 0.3) is 0 Å². The Morgan fingerprint density at radius 2 is 1.38 bits per heavy atom. The van der Waals surface area contributed by atoms with Crippen LogP contribution in [0, 0.1) is 6.92 Å². The van der Waals surface area contributed by atoms with Crippen LogP contribution in [0.15, 0.2) is 58.3 Å². The topological polar surface area (TPSA) is 74.8 Å². The maximum Gasteiger partial charge on any atom is 0.243 e. The molecule has 6 nitrogen and oxygen atoms in total. The molecule has 0 saturated carbocycles. The van der Waals surface area contributed by atoms with E-state index in [-0.39, 0.29) is 16.3 Å². The molecule has 0 aromatic heterocycles. The summed E-state index contributed by atoms with van der Waals surface area (Å²) in [5, 5.41) is 0. The summed E-state index contributed by atoms with van der Waals surface area (Å²) in [5.74, 6) is 0. The van der Waals surface area contributed by atoms with Crippen LogP contribution in [0.5, 0.6) is 0 Å². The second-order valence-electron chi connectivity index (χ2n) is 6.18. The highest BCUT2D eigenvalue weighted by Crippen LogP contribution is 2.21. The van der Waals surface area contributed by atoms with Crippen molar-refractivity contribution in [1.29, 1.82) is 0 Å². The molecule has 0 atom stereocenters. The summed E-state index contributed by atoms with van der Waals surface area (Å²) >= 11 is 0. The fraction of sp³-hybridized carbons (Fsp3) is 0.333. The number of rotatable bonds is 7. The quantitative estimate of drug-likeness (QED) is 0.720. The van der Waals surface area contributed by atoms with Crippen molar-refractivity contribution in [2.45, 2.75) is 30.2 Å². The molecule has 26 heavy (non-hydrogen) atoms. The highest BCUT2D eigenvalue weighted by Gasteiger charge is 2.24. The first-order valence-electron chi connectivity index (χ1n) is 8.17. The zero-order valence-corrected chi connectivity index (χ0v) is 17.0. The summed E-state index contributed by atoms with van der Waals surface area (Å²) in [5.41, 5.74) is 1.97. The number of nitrogens with zero attached hydrogens (tertiary/aromatic N) is 2. The summed E-state index contributed by atoms with van der Waals surface area (Å²) in [6.45, 7) is 4.31. The van der Waals surface area contributed by atoms with Crippen LogP contribution < -0.4 is 0 Å². The average Bonchev–Trinajstić information content (AvgIpc) is 2.59. The normalized spacial score (nSPS) is 12.7. The Labute approximate surface area is 156 Å². The predicted octanol–water partition coefficient (Wildman–Crippen LogP) is 2.46. The van der Waals surface area contributed by atoms with Crippen molar-refractivity contribution >= 4 is 20.0 Å². The zero-order chi connectivity index (χ0) is 19.5. The molecule has 2 aromatic rings. The number of aryl methyl sites for hydroxylation is 1. The predicted molar refractivity (Wildman–Crippen MR) is 102 cm³/mol. The molecule has 2 rings (SSSR count). The van der Waals surface area contributed by atoms with Gasteiger partial charge in [-0.3, -0.25) is 0 Å². The Morgan fingerprint density at radius 3 is 1.85 bits per heavy atom. The Morgan fingerprint density at radius 1 is 0.846 bits per heavy atom. The van der Waals surface area contributed by atoms with Crippen molar-refractivity contribution < 1.29 is 16.8 Å². The third-order valence-corrected chi connectivity index (χ3v) is 7.80. The molecule has 0 bridgehead atoms. The molecule has 0 heterocycles. The maximum absolute atomic E-state index is 12.9. The van der Waals surface area contributed by atoms with Crippen LogP contribution in [0.3, 0.4) is 0 Å². The van der Waals surface area contributed by atoms with Crippen molar-refractivity contribution in [1.82, 2.24) is 8.61 Å². The molecule has 0 spiro atoms. The van der Waals surface area contributed by atoms with Gasteiger partial charge in [-0.15, -0.1) is 0 Å². The van der Waals surface area contributed by atoms with Gasteiger partial charge in [0.1, 0.15) is 0 Å². The minimum Gasteiger partial charge on any atom is -0.207 e. The van der Waals surface area contributed by atoms with Gasteiger partial charge in [-0.1, -0.05) is 36.8 Å². The van der Waals surface area contributed by atoms with Crippen LogP contribution in [0.2, 0.25) is 0 Å². The minimum atomic E-state index is -3.72. The lowest BCUT2D eigenvalue weighted by atomic mass is 10.1. The van der Waals surface area contributed by atoms with Crippen molar-refractivity contribution in [2.75, 3.05) is 20.6 Å². The highest BCUT2D eigenvalue weighted by molar-refractivity contribution is 7.89. The Bertz CT molecular complexity index is 967. The molecule has 0 unspecified atom stereocenters. The van der Waals surface area contributed by atoms with E-state index in [9.17, 15) is 16.8 Å². The first kappa shape index (κ1) is 20.6. The molecule has 0 aliphatic rings. The lowest BCUT2D eigenvalue weighted by molar-refractivity contribution is 0.423. The van der Waals surface area contributed by atoms with E-state index >= 15 is 0 Å². The number of hydrogen-bond donors (Lipinski definition) is 0. The standard InChI is InChI=1S/C18H24N2O4S2/c1-5-20(14-16-8-6-7-15(2)13-16)26(23,24)18-11-9-17(10-12-18)25(21,22)19(3)4/h6-13H,5,14H2,1-4H3. The molecule has 2 aromatic carbocycles. The average molecular weight is 397 g/mol. The fourth-order valence-corrected chi connectivity index (χ4v) is 4.86. The summed E-state index contributed by atoms with van der Waals surface area (Å²) in [7, 11) is -4.45. The van der Waals surface area contributed by atoms with Gasteiger partial charge in [-0.2, -0.15) is 4.31 Å². The van der Waals surface area contributed by atoms with Gasteiger partial charge in [0, 0.05) is 27.2 Å². The Hall–Kier alpha value is -1.74. The molecule has 142 valence electrons. The fourth-order valence-electron chi connectivity index (χ4n) is 2.52. The van der Waals surface area contributed by atoms with E-state index < -0.39 is 20.0 Å². The molecule has 0 saturated heterocycles. The van der Waals surface area contributed by atoms with E-state index in [1.165, 1.54) is 42.7 Å². The van der Waals surface area contributed by atoms with Crippen molar-refractivity contribution in [3.05, 3.63) is 59.7 Å². The Kier molecular flexibility index (Phi) is 6.23. The summed E-state index contributed by atoms with van der Waals surface area (Å²) in [6.07, 6.45) is 0. The lowest BCUT2D eigenvalue weighted by Gasteiger charge is -2.21. The lowest BCUT2D eigenvalue weighted by Crippen LogP contribution is -2.30. The maximum atomic E-state index is 12.9. The van der Waals surface area contributed by atoms with Crippen molar-refractivity contribution in [2.24, 2.45) is 0 Å². The molecule has 8 heteroatoms. The van der Waals surface area contributed by atoms with Gasteiger partial charge in [0.25, 0.3) is 0 Å². The molecule has 0 aliphatic carbocycles. The van der Waals surface area contributed by atoms with E-state index in [0.29, 0.717) is 6.54 Å². The van der Waals surface area contributed by atoms with Crippen LogP contribution in [-0.2, 0) is 26.6 Å². The van der Waals surface area contributed by atoms with Gasteiger partial charge in [0.15, 0.2) is 0 Å². The third-order valence-electron chi connectivity index (χ3n) is 4.03. The number of sulfonamides is 2. The zero-order valence-electron chi connectivity index (χ0n) is 15.4. The van der Waals surface area contributed by atoms with Crippen LogP contribution in [-0.4, -0.2) is 46.1 Å². The Balaban J connectivity index is 2.33. The second kappa shape index (κ2) is 7.87. The van der Waals surface area contributed by atoms with Crippen molar-refractivity contribution in [3.8, 4) is 0 Å². The molecular weight excluding hydrogens is 372 g/mol. The van der Waals surface area contributed by atoms with E-state index in [2.05, 4.69) is 0 Å². The molecular formula is C18H24N2O4S2. The minimum absolute atomic E-state index is 0.0585. The van der Waals surface area contributed by atoms with E-state index in [1.807, 2.05) is 31.2 Å². The smallest absolute Gasteiger partial charge is 0.207 e. The van der Waals surface area contributed by atoms with Crippen LogP contribution in [0.1, 0.15) is 18.1 Å². The molecule has 0 aliphatic heterocycles. The molecule has 0 radical (unpaired) electrons. The number of benzene rings is 2. The molecule has 0 amide bonds. The SMILES string of the molecule is CCN(Cc1cccc(C)c1)S(=O)(=O)c1ccc(S(=O)(=O)N(C)C)cc1. The van der Waals surface area contributed by atoms with Gasteiger partial charge >= 0.3 is 0 Å². The van der Waals surface area contributed by atoms with Gasteiger partial charge in [-0.25, -0.2) is 21.1 Å². The van der Waals surface area contributed by atoms with Gasteiger partial charge < -0.3 is 0 Å². The first-order valence-corrected chi connectivity index (χ1v) is 11.1. The van der Waals surface area contributed by atoms with E-state index in [1.54, 1.807) is 6.92 Å². The summed E-state index contributed by atoms with van der Waals surface area (Å²) < 4.78 is 52.5. The van der Waals surface area contributed by atoms with Crippen LogP contribution >= 0.6 is 0 Å². The third kappa shape index (κ3) is 4.32. The summed E-state index contributed by atoms with van der Waals surface area (Å²) in [6, 6.07) is 13.0. The highest BCUT2D eigenvalue weighted by atomic mass is 32.2. The largest absolute Gasteiger partial charge is 0.243 e. The second-order valence-corrected chi connectivity index (χ2v) is 10.3. The van der Waals surface area contributed by atoms with E-state index in [4.69, 9.17) is 0 Å². The van der Waals surface area contributed by atoms with Gasteiger partial charge in [-0.05, 0) is 36.8 Å².